The first-order valence-electron chi connectivity index (χ1n) is 9.69. The van der Waals surface area contributed by atoms with Crippen molar-refractivity contribution >= 4 is 33.4 Å². The van der Waals surface area contributed by atoms with Gasteiger partial charge in [0.05, 0.1) is 5.41 Å². The Kier molecular flexibility index (Phi) is 4.36. The Morgan fingerprint density at radius 1 is 0.897 bits per heavy atom. The topological polar surface area (TPSA) is 59.1 Å². The lowest BCUT2D eigenvalue weighted by Gasteiger charge is -2.45. The third kappa shape index (κ3) is 2.76. The largest absolute Gasteiger partial charge is 0.310 e. The lowest BCUT2D eigenvalue weighted by atomic mass is 9.54. The van der Waals surface area contributed by atoms with Crippen LogP contribution in [0, 0.1) is 0 Å². The number of rotatable bonds is 2. The summed E-state index contributed by atoms with van der Waals surface area (Å²) in [7, 11) is 0. The van der Waals surface area contributed by atoms with Gasteiger partial charge in [-0.05, 0) is 33.1 Å². The number of amides is 1. The van der Waals surface area contributed by atoms with E-state index in [1.807, 2.05) is 66.7 Å². The van der Waals surface area contributed by atoms with E-state index in [2.05, 4.69) is 26.2 Å². The van der Waals surface area contributed by atoms with Crippen molar-refractivity contribution in [3.8, 4) is 0 Å². The van der Waals surface area contributed by atoms with E-state index >= 15 is 0 Å². The van der Waals surface area contributed by atoms with Crippen molar-refractivity contribution in [1.82, 2.24) is 4.98 Å². The van der Waals surface area contributed by atoms with E-state index in [-0.39, 0.29) is 23.5 Å². The Balaban J connectivity index is 1.82. The van der Waals surface area contributed by atoms with Crippen LogP contribution in [0.25, 0.3) is 0 Å². The Hall–Kier alpha value is -2.79. The van der Waals surface area contributed by atoms with Crippen LogP contribution in [0.3, 0.4) is 0 Å². The van der Waals surface area contributed by atoms with Gasteiger partial charge < -0.3 is 5.32 Å². The van der Waals surface area contributed by atoms with E-state index in [9.17, 15) is 9.59 Å². The quantitative estimate of drug-likeness (QED) is 0.604. The van der Waals surface area contributed by atoms with Gasteiger partial charge in [0, 0.05) is 40.9 Å². The zero-order valence-electron chi connectivity index (χ0n) is 15.6. The predicted molar refractivity (Wildman–Crippen MR) is 115 cm³/mol. The fourth-order valence-corrected chi connectivity index (χ4v) is 5.45. The maximum atomic E-state index is 13.7. The zero-order chi connectivity index (χ0) is 20.0. The van der Waals surface area contributed by atoms with Gasteiger partial charge in [-0.2, -0.15) is 0 Å². The number of aromatic nitrogens is 1. The summed E-state index contributed by atoms with van der Waals surface area (Å²) >= 11 is 3.53. The van der Waals surface area contributed by atoms with Crippen LogP contribution in [0.1, 0.15) is 41.4 Å². The molecule has 0 saturated heterocycles. The molecule has 5 rings (SSSR count). The number of ketones is 1. The Labute approximate surface area is 177 Å². The van der Waals surface area contributed by atoms with Gasteiger partial charge in [-0.3, -0.25) is 9.59 Å². The van der Waals surface area contributed by atoms with Crippen molar-refractivity contribution in [2.45, 2.75) is 30.1 Å². The van der Waals surface area contributed by atoms with Gasteiger partial charge in [0.25, 0.3) is 0 Å². The fourth-order valence-electron chi connectivity index (χ4n) is 5.12. The summed E-state index contributed by atoms with van der Waals surface area (Å²) in [5, 5.41) is 3.02. The number of hydrogen-bond donors (Lipinski definition) is 1. The van der Waals surface area contributed by atoms with Crippen LogP contribution in [-0.2, 0) is 15.0 Å². The number of hydrogen-bond acceptors (Lipinski definition) is 3. The Morgan fingerprint density at radius 3 is 2.00 bits per heavy atom. The third-order valence-corrected chi connectivity index (χ3v) is 6.71. The Bertz CT molecular complexity index is 1050. The third-order valence-electron chi connectivity index (χ3n) is 6.27. The van der Waals surface area contributed by atoms with Crippen LogP contribution in [0.2, 0.25) is 0 Å². The van der Waals surface area contributed by atoms with Gasteiger partial charge >= 0.3 is 0 Å². The molecule has 1 spiro atoms. The molecule has 5 heteroatoms. The van der Waals surface area contributed by atoms with Crippen LogP contribution in [-0.4, -0.2) is 16.7 Å². The SMILES string of the molecule is O=C1CC(c2ccccc2)C2(C(=O)Nc3ncc(Br)cc32)C(c2ccccc2)C1. The first-order valence-corrected chi connectivity index (χ1v) is 10.5. The molecule has 0 bridgehead atoms. The van der Waals surface area contributed by atoms with Gasteiger partial charge in [0.1, 0.15) is 11.6 Å². The van der Waals surface area contributed by atoms with Crippen LogP contribution in [0.4, 0.5) is 5.82 Å². The molecule has 4 nitrogen and oxygen atoms in total. The summed E-state index contributed by atoms with van der Waals surface area (Å²) in [6.45, 7) is 0. The van der Waals surface area contributed by atoms with E-state index in [1.54, 1.807) is 6.20 Å². The molecule has 1 aliphatic heterocycles. The normalized spacial score (nSPS) is 25.7. The smallest absolute Gasteiger partial charge is 0.237 e. The first kappa shape index (κ1) is 18.3. The standard InChI is InChI=1S/C24H19BrN2O2/c25-17-11-21-22(26-14-17)27-23(29)24(21)19(15-7-3-1-4-8-15)12-18(28)13-20(24)16-9-5-2-6-10-16/h1-11,14,19-20H,12-13H2,(H,26,27,29). The van der Waals surface area contributed by atoms with Gasteiger partial charge in [-0.25, -0.2) is 4.98 Å². The number of nitrogens with zero attached hydrogens (tertiary/aromatic N) is 1. The minimum atomic E-state index is -0.886. The van der Waals surface area contributed by atoms with E-state index in [0.717, 1.165) is 21.2 Å². The molecule has 0 radical (unpaired) electrons. The number of benzene rings is 2. The van der Waals surface area contributed by atoms with Crippen LogP contribution >= 0.6 is 15.9 Å². The second-order valence-electron chi connectivity index (χ2n) is 7.75. The highest BCUT2D eigenvalue weighted by Gasteiger charge is 2.61. The van der Waals surface area contributed by atoms with Crippen LogP contribution in [0.5, 0.6) is 0 Å². The molecule has 1 aliphatic carbocycles. The lowest BCUT2D eigenvalue weighted by Crippen LogP contribution is -2.50. The van der Waals surface area contributed by atoms with Crippen molar-refractivity contribution in [2.24, 2.45) is 0 Å². The fraction of sp³-hybridized carbons (Fsp3) is 0.208. The highest BCUT2D eigenvalue weighted by atomic mass is 79.9. The summed E-state index contributed by atoms with van der Waals surface area (Å²) in [6, 6.07) is 21.8. The summed E-state index contributed by atoms with van der Waals surface area (Å²) in [4.78, 5) is 31.1. The molecule has 2 unspecified atom stereocenters. The Morgan fingerprint density at radius 2 is 1.45 bits per heavy atom. The maximum Gasteiger partial charge on any atom is 0.237 e. The molecule has 1 amide bonds. The van der Waals surface area contributed by atoms with Gasteiger partial charge in [-0.15, -0.1) is 0 Å². The molecule has 1 N–H and O–H groups in total. The number of pyridine rings is 1. The number of carbonyl (C=O) groups is 2. The molecule has 29 heavy (non-hydrogen) atoms. The molecule has 2 aromatic carbocycles. The molecule has 3 aromatic rings. The zero-order valence-corrected chi connectivity index (χ0v) is 17.2. The van der Waals surface area contributed by atoms with Crippen LogP contribution in [0.15, 0.2) is 77.4 Å². The first-order chi connectivity index (χ1) is 14.1. The average molecular weight is 447 g/mol. The van der Waals surface area contributed by atoms with Crippen molar-refractivity contribution in [1.29, 1.82) is 0 Å². The lowest BCUT2D eigenvalue weighted by molar-refractivity contribution is -0.128. The highest BCUT2D eigenvalue weighted by Crippen LogP contribution is 2.59. The van der Waals surface area contributed by atoms with E-state index in [0.29, 0.717) is 18.7 Å². The van der Waals surface area contributed by atoms with Gasteiger partial charge in [0.2, 0.25) is 5.91 Å². The molecule has 1 fully saturated rings. The minimum absolute atomic E-state index is 0.0756. The molecule has 2 atom stereocenters. The molecule has 1 aromatic heterocycles. The van der Waals surface area contributed by atoms with E-state index in [4.69, 9.17) is 0 Å². The molecule has 1 saturated carbocycles. The highest BCUT2D eigenvalue weighted by molar-refractivity contribution is 9.10. The minimum Gasteiger partial charge on any atom is -0.310 e. The van der Waals surface area contributed by atoms with Gasteiger partial charge in [0.15, 0.2) is 0 Å². The second-order valence-corrected chi connectivity index (χ2v) is 8.66. The number of nitrogens with one attached hydrogen (secondary N) is 1. The predicted octanol–water partition coefficient (Wildman–Crippen LogP) is 4.96. The summed E-state index contributed by atoms with van der Waals surface area (Å²) in [6.07, 6.45) is 2.38. The molecule has 2 aliphatic rings. The number of carbonyl (C=O) groups excluding carboxylic acids is 2. The van der Waals surface area contributed by atoms with Crippen molar-refractivity contribution in [3.63, 3.8) is 0 Å². The number of halogens is 1. The van der Waals surface area contributed by atoms with E-state index in [1.165, 1.54) is 0 Å². The maximum absolute atomic E-state index is 13.7. The summed E-state index contributed by atoms with van der Waals surface area (Å²) in [5.74, 6) is 0.185. The average Bonchev–Trinajstić information content (AvgIpc) is 3.03. The molecule has 144 valence electrons. The molecule has 2 heterocycles. The number of fused-ring (bicyclic) bond motifs is 2. The van der Waals surface area contributed by atoms with E-state index < -0.39 is 5.41 Å². The monoisotopic (exact) mass is 446 g/mol. The molecular formula is C24H19BrN2O2. The number of anilines is 1. The number of Topliss-reactive ketones (excluding diaryl/α,β-unsaturated/α-hetero) is 1. The van der Waals surface area contributed by atoms with Crippen LogP contribution < -0.4 is 5.32 Å². The van der Waals surface area contributed by atoms with Crippen molar-refractivity contribution < 1.29 is 9.59 Å². The summed E-state index contributed by atoms with van der Waals surface area (Å²) in [5.41, 5.74) is 1.99. The van der Waals surface area contributed by atoms with Crippen molar-refractivity contribution in [2.75, 3.05) is 5.32 Å². The van der Waals surface area contributed by atoms with Crippen molar-refractivity contribution in [3.05, 3.63) is 94.1 Å². The summed E-state index contributed by atoms with van der Waals surface area (Å²) < 4.78 is 0.822. The molecular weight excluding hydrogens is 428 g/mol. The second kappa shape index (κ2) is 6.92. The van der Waals surface area contributed by atoms with Gasteiger partial charge in [-0.1, -0.05) is 60.7 Å².